The van der Waals surface area contributed by atoms with Crippen LogP contribution in [-0.4, -0.2) is 35.7 Å². The number of phenolic OH excluding ortho intramolecular Hbond substituents is 1. The van der Waals surface area contributed by atoms with E-state index in [-0.39, 0.29) is 0 Å². The zero-order chi connectivity index (χ0) is 14.5. The average molecular weight is 274 g/mol. The number of hydrogen-bond acceptors (Lipinski definition) is 3. The lowest BCUT2D eigenvalue weighted by molar-refractivity contribution is 0.240. The van der Waals surface area contributed by atoms with Gasteiger partial charge in [0.25, 0.3) is 0 Å². The Morgan fingerprint density at radius 2 is 2.05 bits per heavy atom. The van der Waals surface area contributed by atoms with Crippen molar-refractivity contribution in [2.75, 3.05) is 25.0 Å². The first-order valence-electron chi connectivity index (χ1n) is 7.46. The molecule has 1 aliphatic heterocycles. The molecule has 1 aromatic carbocycles. The van der Waals surface area contributed by atoms with Crippen LogP contribution in [0.3, 0.4) is 0 Å². The number of phenols is 1. The molecule has 0 aliphatic carbocycles. The Hall–Kier alpha value is -1.48. The molecule has 0 radical (unpaired) electrons. The summed E-state index contributed by atoms with van der Waals surface area (Å²) in [6.07, 6.45) is 4.66. The van der Waals surface area contributed by atoms with Gasteiger partial charge in [-0.2, -0.15) is 0 Å². The van der Waals surface area contributed by atoms with E-state index < -0.39 is 0 Å². The molecule has 2 rings (SSSR count). The smallest absolute Gasteiger partial charge is 0.118 e. The SMILES string of the molecule is CC(C)=CCN1CCC(Nc2ccc(O)c(C)c2)CC1. The maximum Gasteiger partial charge on any atom is 0.118 e. The minimum atomic E-state index is 0.368. The van der Waals surface area contributed by atoms with Crippen LogP contribution in [0.4, 0.5) is 5.69 Å². The molecule has 1 aliphatic rings. The number of rotatable bonds is 4. The van der Waals surface area contributed by atoms with Crippen molar-refractivity contribution < 1.29 is 5.11 Å². The highest BCUT2D eigenvalue weighted by atomic mass is 16.3. The molecular weight excluding hydrogens is 248 g/mol. The molecule has 1 saturated heterocycles. The van der Waals surface area contributed by atoms with E-state index in [1.807, 2.05) is 19.1 Å². The predicted molar refractivity (Wildman–Crippen MR) is 85.4 cm³/mol. The molecule has 0 bridgehead atoms. The van der Waals surface area contributed by atoms with Crippen LogP contribution in [0.2, 0.25) is 0 Å². The Morgan fingerprint density at radius 1 is 1.35 bits per heavy atom. The Labute approximate surface area is 122 Å². The molecule has 3 heteroatoms. The van der Waals surface area contributed by atoms with Gasteiger partial charge in [0.05, 0.1) is 0 Å². The van der Waals surface area contributed by atoms with Gasteiger partial charge in [-0.25, -0.2) is 0 Å². The minimum absolute atomic E-state index is 0.368. The van der Waals surface area contributed by atoms with Gasteiger partial charge in [-0.15, -0.1) is 0 Å². The number of anilines is 1. The van der Waals surface area contributed by atoms with Crippen LogP contribution in [0.5, 0.6) is 5.75 Å². The normalized spacial score (nSPS) is 16.9. The third-order valence-corrected chi connectivity index (χ3v) is 3.91. The van der Waals surface area contributed by atoms with Gasteiger partial charge in [0, 0.05) is 31.4 Å². The number of aryl methyl sites for hydroxylation is 1. The maximum absolute atomic E-state index is 9.55. The van der Waals surface area contributed by atoms with Crippen LogP contribution in [0.1, 0.15) is 32.3 Å². The topological polar surface area (TPSA) is 35.5 Å². The van der Waals surface area contributed by atoms with Crippen LogP contribution in [-0.2, 0) is 0 Å². The number of piperidine rings is 1. The van der Waals surface area contributed by atoms with Crippen molar-refractivity contribution in [3.8, 4) is 5.75 Å². The number of allylic oxidation sites excluding steroid dienone is 1. The number of likely N-dealkylation sites (tertiary alicyclic amines) is 1. The van der Waals surface area contributed by atoms with E-state index in [4.69, 9.17) is 0 Å². The second kappa shape index (κ2) is 6.80. The first-order chi connectivity index (χ1) is 9.54. The zero-order valence-electron chi connectivity index (χ0n) is 12.8. The summed E-state index contributed by atoms with van der Waals surface area (Å²) < 4.78 is 0. The largest absolute Gasteiger partial charge is 0.508 e. The molecule has 1 fully saturated rings. The Balaban J connectivity index is 1.82. The second-order valence-electron chi connectivity index (χ2n) is 6.00. The van der Waals surface area contributed by atoms with Crippen molar-refractivity contribution in [1.29, 1.82) is 0 Å². The number of nitrogens with zero attached hydrogens (tertiary/aromatic N) is 1. The van der Waals surface area contributed by atoms with Crippen LogP contribution in [0, 0.1) is 6.92 Å². The Bertz CT molecular complexity index is 470. The van der Waals surface area contributed by atoms with E-state index in [1.54, 1.807) is 6.07 Å². The van der Waals surface area contributed by atoms with Gasteiger partial charge in [-0.3, -0.25) is 4.90 Å². The first-order valence-corrected chi connectivity index (χ1v) is 7.46. The highest BCUT2D eigenvalue weighted by molar-refractivity contribution is 5.50. The van der Waals surface area contributed by atoms with Gasteiger partial charge in [-0.1, -0.05) is 11.6 Å². The van der Waals surface area contributed by atoms with Crippen LogP contribution < -0.4 is 5.32 Å². The summed E-state index contributed by atoms with van der Waals surface area (Å²) in [6.45, 7) is 9.62. The molecule has 2 N–H and O–H groups in total. The summed E-state index contributed by atoms with van der Waals surface area (Å²) in [5.74, 6) is 0.368. The van der Waals surface area contributed by atoms with Gasteiger partial charge < -0.3 is 10.4 Å². The molecule has 0 unspecified atom stereocenters. The quantitative estimate of drug-likeness (QED) is 0.651. The highest BCUT2D eigenvalue weighted by Crippen LogP contribution is 2.22. The monoisotopic (exact) mass is 274 g/mol. The second-order valence-corrected chi connectivity index (χ2v) is 6.00. The van der Waals surface area contributed by atoms with Crippen LogP contribution in [0.25, 0.3) is 0 Å². The molecule has 0 spiro atoms. The number of aromatic hydroxyl groups is 1. The lowest BCUT2D eigenvalue weighted by atomic mass is 10.0. The van der Waals surface area contributed by atoms with E-state index >= 15 is 0 Å². The lowest BCUT2D eigenvalue weighted by Crippen LogP contribution is -2.39. The summed E-state index contributed by atoms with van der Waals surface area (Å²) in [5.41, 5.74) is 3.43. The summed E-state index contributed by atoms with van der Waals surface area (Å²) in [7, 11) is 0. The number of nitrogens with one attached hydrogen (secondary N) is 1. The molecule has 1 heterocycles. The molecule has 0 saturated carbocycles. The van der Waals surface area contributed by atoms with Crippen molar-refractivity contribution in [2.24, 2.45) is 0 Å². The van der Waals surface area contributed by atoms with Gasteiger partial charge in [-0.05, 0) is 57.4 Å². The summed E-state index contributed by atoms with van der Waals surface area (Å²) >= 11 is 0. The zero-order valence-corrected chi connectivity index (χ0v) is 12.8. The molecule has 1 aromatic rings. The third-order valence-electron chi connectivity index (χ3n) is 3.91. The molecule has 3 nitrogen and oxygen atoms in total. The van der Waals surface area contributed by atoms with Crippen molar-refractivity contribution in [2.45, 2.75) is 39.7 Å². The average Bonchev–Trinajstić information content (AvgIpc) is 2.42. The van der Waals surface area contributed by atoms with Crippen molar-refractivity contribution in [3.05, 3.63) is 35.4 Å². The molecule has 20 heavy (non-hydrogen) atoms. The van der Waals surface area contributed by atoms with Crippen molar-refractivity contribution in [3.63, 3.8) is 0 Å². The summed E-state index contributed by atoms with van der Waals surface area (Å²) in [5, 5.41) is 13.1. The third kappa shape index (κ3) is 4.27. The van der Waals surface area contributed by atoms with E-state index in [1.165, 1.54) is 18.4 Å². The van der Waals surface area contributed by atoms with E-state index in [0.717, 1.165) is 30.9 Å². The fraction of sp³-hybridized carbons (Fsp3) is 0.529. The van der Waals surface area contributed by atoms with E-state index in [2.05, 4.69) is 30.1 Å². The summed E-state index contributed by atoms with van der Waals surface area (Å²) in [4.78, 5) is 2.51. The van der Waals surface area contributed by atoms with E-state index in [9.17, 15) is 5.11 Å². The van der Waals surface area contributed by atoms with Gasteiger partial charge in [0.15, 0.2) is 0 Å². The molecular formula is C17H26N2O. The van der Waals surface area contributed by atoms with Crippen LogP contribution in [0.15, 0.2) is 29.8 Å². The Kier molecular flexibility index (Phi) is 5.07. The fourth-order valence-electron chi connectivity index (χ4n) is 2.55. The Morgan fingerprint density at radius 3 is 2.65 bits per heavy atom. The fourth-order valence-corrected chi connectivity index (χ4v) is 2.55. The number of hydrogen-bond donors (Lipinski definition) is 2. The van der Waals surface area contributed by atoms with Gasteiger partial charge in [0.1, 0.15) is 5.75 Å². The van der Waals surface area contributed by atoms with Gasteiger partial charge >= 0.3 is 0 Å². The molecule has 0 amide bonds. The molecule has 0 atom stereocenters. The summed E-state index contributed by atoms with van der Waals surface area (Å²) in [6, 6.07) is 6.28. The van der Waals surface area contributed by atoms with E-state index in [0.29, 0.717) is 11.8 Å². The number of benzene rings is 1. The standard InChI is InChI=1S/C17H26N2O/c1-13(2)6-9-19-10-7-15(8-11-19)18-16-4-5-17(20)14(3)12-16/h4-6,12,15,18,20H,7-11H2,1-3H3. The minimum Gasteiger partial charge on any atom is -0.508 e. The maximum atomic E-state index is 9.55. The van der Waals surface area contributed by atoms with Crippen LogP contribution >= 0.6 is 0 Å². The molecule has 110 valence electrons. The molecule has 0 aromatic heterocycles. The predicted octanol–water partition coefficient (Wildman–Crippen LogP) is 3.54. The lowest BCUT2D eigenvalue weighted by Gasteiger charge is -2.32. The van der Waals surface area contributed by atoms with Gasteiger partial charge in [0.2, 0.25) is 0 Å². The highest BCUT2D eigenvalue weighted by Gasteiger charge is 2.18. The van der Waals surface area contributed by atoms with Crippen molar-refractivity contribution in [1.82, 2.24) is 4.90 Å². The van der Waals surface area contributed by atoms with Crippen molar-refractivity contribution >= 4 is 5.69 Å². The first kappa shape index (κ1) is 14.9.